The number of anilines is 1. The van der Waals surface area contributed by atoms with Gasteiger partial charge in [0, 0.05) is 24.9 Å². The van der Waals surface area contributed by atoms with Gasteiger partial charge in [-0.3, -0.25) is 4.79 Å². The number of halogens is 1. The summed E-state index contributed by atoms with van der Waals surface area (Å²) in [6.07, 6.45) is 0. The molecule has 1 amide bonds. The molecule has 0 atom stereocenters. The molecule has 2 aromatic carbocycles. The fourth-order valence-electron chi connectivity index (χ4n) is 3.60. The molecule has 0 aliphatic rings. The summed E-state index contributed by atoms with van der Waals surface area (Å²) in [5, 5.41) is 3.01. The zero-order valence-corrected chi connectivity index (χ0v) is 17.1. The Kier molecular flexibility index (Phi) is 5.37. The third-order valence-corrected chi connectivity index (χ3v) is 5.31. The van der Waals surface area contributed by atoms with Gasteiger partial charge in [-0.05, 0) is 55.8 Å². The number of hydrogen-bond donors (Lipinski definition) is 2. The van der Waals surface area contributed by atoms with Crippen LogP contribution < -0.4 is 5.32 Å². The van der Waals surface area contributed by atoms with Crippen LogP contribution in [0.4, 0.5) is 10.2 Å². The van der Waals surface area contributed by atoms with Crippen molar-refractivity contribution in [1.29, 1.82) is 0 Å². The number of benzene rings is 2. The second-order valence-corrected chi connectivity index (χ2v) is 7.14. The van der Waals surface area contributed by atoms with Crippen molar-refractivity contribution in [3.05, 3.63) is 71.2 Å². The lowest BCUT2D eigenvalue weighted by Gasteiger charge is -2.13. The van der Waals surface area contributed by atoms with Gasteiger partial charge in [-0.1, -0.05) is 12.1 Å². The summed E-state index contributed by atoms with van der Waals surface area (Å²) >= 11 is 0. The Labute approximate surface area is 173 Å². The van der Waals surface area contributed by atoms with Gasteiger partial charge in [0.25, 0.3) is 5.91 Å². The number of para-hydroxylation sites is 2. The monoisotopic (exact) mass is 406 g/mol. The van der Waals surface area contributed by atoms with Gasteiger partial charge in [0.2, 0.25) is 0 Å². The van der Waals surface area contributed by atoms with E-state index in [4.69, 9.17) is 9.72 Å². The van der Waals surface area contributed by atoms with E-state index in [0.717, 1.165) is 27.9 Å². The Balaban J connectivity index is 1.82. The number of fused-ring (bicyclic) bond motifs is 1. The zero-order chi connectivity index (χ0) is 21.3. The van der Waals surface area contributed by atoms with E-state index in [0.29, 0.717) is 30.4 Å². The molecule has 30 heavy (non-hydrogen) atoms. The minimum atomic E-state index is -0.385. The van der Waals surface area contributed by atoms with E-state index in [1.54, 1.807) is 7.11 Å². The molecule has 0 saturated heterocycles. The van der Waals surface area contributed by atoms with Crippen molar-refractivity contribution in [3.8, 4) is 11.4 Å². The van der Waals surface area contributed by atoms with Gasteiger partial charge in [0.05, 0.1) is 23.2 Å². The molecule has 2 heterocycles. The molecular formula is C23H23FN4O2. The number of carbonyl (C=O) groups is 1. The highest BCUT2D eigenvalue weighted by Gasteiger charge is 2.23. The Bertz CT molecular complexity index is 1180. The Hall–Kier alpha value is -3.45. The fraction of sp³-hybridized carbons (Fsp3) is 0.217. The van der Waals surface area contributed by atoms with Crippen molar-refractivity contribution < 1.29 is 13.9 Å². The van der Waals surface area contributed by atoms with Gasteiger partial charge >= 0.3 is 0 Å². The van der Waals surface area contributed by atoms with Crippen LogP contribution in [-0.2, 0) is 11.3 Å². The van der Waals surface area contributed by atoms with Crippen molar-refractivity contribution in [2.24, 2.45) is 0 Å². The van der Waals surface area contributed by atoms with E-state index in [1.807, 2.05) is 42.7 Å². The third kappa shape index (κ3) is 3.59. The molecule has 0 saturated carbocycles. The molecule has 0 aliphatic carbocycles. The minimum absolute atomic E-state index is 0.316. The van der Waals surface area contributed by atoms with Crippen LogP contribution in [0.5, 0.6) is 0 Å². The molecule has 0 fully saturated rings. The number of nitrogens with zero attached hydrogens (tertiary/aromatic N) is 2. The van der Waals surface area contributed by atoms with Crippen LogP contribution >= 0.6 is 0 Å². The van der Waals surface area contributed by atoms with Crippen molar-refractivity contribution in [3.63, 3.8) is 0 Å². The lowest BCUT2D eigenvalue weighted by molar-refractivity contribution is 0.102. The minimum Gasteiger partial charge on any atom is -0.383 e. The summed E-state index contributed by atoms with van der Waals surface area (Å²) in [6.45, 7) is 5.08. The van der Waals surface area contributed by atoms with Crippen LogP contribution in [0.15, 0.2) is 48.5 Å². The first kappa shape index (κ1) is 19.8. The number of H-pyrrole nitrogens is 1. The van der Waals surface area contributed by atoms with Gasteiger partial charge in [-0.15, -0.1) is 0 Å². The largest absolute Gasteiger partial charge is 0.383 e. The third-order valence-electron chi connectivity index (χ3n) is 5.31. The molecule has 4 rings (SSSR count). The molecule has 0 radical (unpaired) electrons. The summed E-state index contributed by atoms with van der Waals surface area (Å²) in [5.74, 6) is 0.617. The molecule has 0 spiro atoms. The predicted octanol–water partition coefficient (Wildman–Crippen LogP) is 4.69. The van der Waals surface area contributed by atoms with Crippen LogP contribution in [-0.4, -0.2) is 34.2 Å². The van der Waals surface area contributed by atoms with E-state index in [2.05, 4.69) is 10.3 Å². The first-order chi connectivity index (χ1) is 14.5. The summed E-state index contributed by atoms with van der Waals surface area (Å²) in [7, 11) is 1.64. The number of ether oxygens (including phenoxy) is 1. The number of imidazole rings is 1. The number of hydrogen-bond acceptors (Lipinski definition) is 3. The van der Waals surface area contributed by atoms with Crippen LogP contribution in [0, 0.1) is 19.7 Å². The second-order valence-electron chi connectivity index (χ2n) is 7.14. The number of aromatic amines is 1. The number of methoxy groups -OCH3 is 1. The van der Waals surface area contributed by atoms with Crippen LogP contribution in [0.1, 0.15) is 21.6 Å². The fourth-order valence-corrected chi connectivity index (χ4v) is 3.60. The molecular weight excluding hydrogens is 383 g/mol. The maximum absolute atomic E-state index is 13.3. The predicted molar refractivity (Wildman–Crippen MR) is 115 cm³/mol. The van der Waals surface area contributed by atoms with Gasteiger partial charge in [0.15, 0.2) is 0 Å². The molecule has 0 aliphatic heterocycles. The first-order valence-corrected chi connectivity index (χ1v) is 9.70. The Morgan fingerprint density at radius 1 is 1.17 bits per heavy atom. The zero-order valence-electron chi connectivity index (χ0n) is 17.1. The van der Waals surface area contributed by atoms with Crippen molar-refractivity contribution in [2.75, 3.05) is 19.0 Å². The highest BCUT2D eigenvalue weighted by molar-refractivity contribution is 6.06. The normalized spacial score (nSPS) is 11.2. The second kappa shape index (κ2) is 8.12. The lowest BCUT2D eigenvalue weighted by Crippen LogP contribution is -2.17. The first-order valence-electron chi connectivity index (χ1n) is 9.70. The highest BCUT2D eigenvalue weighted by Crippen LogP contribution is 2.36. The molecule has 7 heteroatoms. The Morgan fingerprint density at radius 2 is 1.90 bits per heavy atom. The smallest absolute Gasteiger partial charge is 0.256 e. The van der Waals surface area contributed by atoms with Gasteiger partial charge in [0.1, 0.15) is 17.5 Å². The number of carbonyl (C=O) groups excluding carboxylic acids is 1. The Morgan fingerprint density at radius 3 is 2.60 bits per heavy atom. The summed E-state index contributed by atoms with van der Waals surface area (Å²) < 4.78 is 20.5. The van der Waals surface area contributed by atoms with Crippen molar-refractivity contribution in [1.82, 2.24) is 14.5 Å². The SMILES string of the molecule is COCCn1c(C)c(C)c(-c2nc3ccccc3[nH]2)c1NC(=O)c1ccc(F)cc1. The molecule has 0 bridgehead atoms. The topological polar surface area (TPSA) is 71.9 Å². The molecule has 0 unspecified atom stereocenters. The van der Waals surface area contributed by atoms with E-state index in [1.165, 1.54) is 24.3 Å². The number of nitrogens with one attached hydrogen (secondary N) is 2. The quantitative estimate of drug-likeness (QED) is 0.488. The van der Waals surface area contributed by atoms with Crippen molar-refractivity contribution >= 4 is 22.8 Å². The maximum Gasteiger partial charge on any atom is 0.256 e. The van der Waals surface area contributed by atoms with E-state index in [9.17, 15) is 9.18 Å². The van der Waals surface area contributed by atoms with Crippen LogP contribution in [0.3, 0.4) is 0 Å². The summed E-state index contributed by atoms with van der Waals surface area (Å²) in [4.78, 5) is 21.0. The number of amides is 1. The van der Waals surface area contributed by atoms with Gasteiger partial charge in [-0.2, -0.15) is 0 Å². The molecule has 154 valence electrons. The van der Waals surface area contributed by atoms with E-state index in [-0.39, 0.29) is 11.7 Å². The highest BCUT2D eigenvalue weighted by atomic mass is 19.1. The lowest BCUT2D eigenvalue weighted by atomic mass is 10.1. The standard InChI is InChI=1S/C23H23FN4O2/c1-14-15(2)28(12-13-30-3)22(27-23(29)16-8-10-17(24)11-9-16)20(14)21-25-18-6-4-5-7-19(18)26-21/h4-11H,12-13H2,1-3H3,(H,25,26)(H,27,29). The molecule has 2 aromatic heterocycles. The molecule has 2 N–H and O–H groups in total. The number of rotatable bonds is 6. The summed E-state index contributed by atoms with van der Waals surface area (Å²) in [5.41, 5.74) is 5.00. The van der Waals surface area contributed by atoms with Crippen molar-refractivity contribution in [2.45, 2.75) is 20.4 Å². The molecule has 6 nitrogen and oxygen atoms in total. The summed E-state index contributed by atoms with van der Waals surface area (Å²) in [6, 6.07) is 13.3. The van der Waals surface area contributed by atoms with Gasteiger partial charge < -0.3 is 19.6 Å². The van der Waals surface area contributed by atoms with Crippen LogP contribution in [0.25, 0.3) is 22.4 Å². The number of aromatic nitrogens is 3. The maximum atomic E-state index is 13.3. The van der Waals surface area contributed by atoms with E-state index >= 15 is 0 Å². The average Bonchev–Trinajstić information content (AvgIpc) is 3.26. The van der Waals surface area contributed by atoms with Gasteiger partial charge in [-0.25, -0.2) is 9.37 Å². The van der Waals surface area contributed by atoms with E-state index < -0.39 is 0 Å². The van der Waals surface area contributed by atoms with Crippen LogP contribution in [0.2, 0.25) is 0 Å². The average molecular weight is 406 g/mol. The molecule has 4 aromatic rings.